The number of carboxylic acids is 1. The van der Waals surface area contributed by atoms with Crippen molar-refractivity contribution in [2.75, 3.05) is 0 Å². The van der Waals surface area contributed by atoms with Crippen molar-refractivity contribution in [1.29, 1.82) is 0 Å². The number of para-hydroxylation sites is 1. The molecule has 0 spiro atoms. The Balaban J connectivity index is 1.45. The van der Waals surface area contributed by atoms with Crippen LogP contribution in [0.3, 0.4) is 0 Å². The van der Waals surface area contributed by atoms with Gasteiger partial charge in [0.05, 0.1) is 5.92 Å². The molecule has 1 fully saturated rings. The molecule has 1 saturated carbocycles. The van der Waals surface area contributed by atoms with Crippen molar-refractivity contribution in [2.45, 2.75) is 19.3 Å². The zero-order valence-corrected chi connectivity index (χ0v) is 15.3. The van der Waals surface area contributed by atoms with Crippen LogP contribution in [-0.2, 0) is 11.2 Å². The van der Waals surface area contributed by atoms with E-state index in [0.717, 1.165) is 30.4 Å². The van der Waals surface area contributed by atoms with E-state index in [1.165, 1.54) is 6.07 Å². The van der Waals surface area contributed by atoms with E-state index in [4.69, 9.17) is 9.84 Å². The van der Waals surface area contributed by atoms with E-state index in [9.17, 15) is 9.18 Å². The maximum absolute atomic E-state index is 14.4. The highest BCUT2D eigenvalue weighted by molar-refractivity contribution is 5.73. The molecule has 0 radical (unpaired) electrons. The van der Waals surface area contributed by atoms with Gasteiger partial charge in [0.2, 0.25) is 0 Å². The van der Waals surface area contributed by atoms with Crippen LogP contribution in [-0.4, -0.2) is 11.1 Å². The lowest BCUT2D eigenvalue weighted by Crippen LogP contribution is -2.00. The van der Waals surface area contributed by atoms with Crippen LogP contribution < -0.4 is 4.74 Å². The van der Waals surface area contributed by atoms with E-state index in [1.807, 2.05) is 54.6 Å². The van der Waals surface area contributed by atoms with Gasteiger partial charge in [-0.05, 0) is 66.6 Å². The summed E-state index contributed by atoms with van der Waals surface area (Å²) in [6, 6.07) is 21.9. The molecule has 2 atom stereocenters. The van der Waals surface area contributed by atoms with E-state index in [2.05, 4.69) is 0 Å². The predicted octanol–water partition coefficient (Wildman–Crippen LogP) is 5.94. The Kier molecular flexibility index (Phi) is 5.11. The van der Waals surface area contributed by atoms with Gasteiger partial charge >= 0.3 is 5.97 Å². The molecule has 142 valence electrons. The number of aliphatic carboxylic acids is 1. The molecule has 3 aromatic rings. The second-order valence-corrected chi connectivity index (χ2v) is 7.23. The number of carbonyl (C=O) groups is 1. The standard InChI is InChI=1S/C24H21FO3/c25-23-13-12-20(28-19-4-2-1-3-5-19)15-21(23)17-9-6-16(7-10-17)8-11-18-14-22(18)24(26)27/h1-7,9-10,12-13,15,18,22H,8,11,14H2,(H,26,27). The summed E-state index contributed by atoms with van der Waals surface area (Å²) in [5, 5.41) is 8.98. The first kappa shape index (κ1) is 18.2. The van der Waals surface area contributed by atoms with Gasteiger partial charge in [0.15, 0.2) is 0 Å². The molecule has 0 amide bonds. The van der Waals surface area contributed by atoms with Gasteiger partial charge in [-0.15, -0.1) is 0 Å². The normalized spacial score (nSPS) is 17.9. The van der Waals surface area contributed by atoms with Gasteiger partial charge in [0.1, 0.15) is 17.3 Å². The van der Waals surface area contributed by atoms with Gasteiger partial charge in [0, 0.05) is 5.56 Å². The van der Waals surface area contributed by atoms with Crippen molar-refractivity contribution in [3.05, 3.63) is 84.2 Å². The number of aryl methyl sites for hydroxylation is 1. The first-order chi connectivity index (χ1) is 13.6. The highest BCUT2D eigenvalue weighted by atomic mass is 19.1. The molecule has 28 heavy (non-hydrogen) atoms. The van der Waals surface area contributed by atoms with E-state index in [0.29, 0.717) is 23.0 Å². The van der Waals surface area contributed by atoms with Crippen LogP contribution in [0, 0.1) is 17.7 Å². The minimum atomic E-state index is -0.687. The predicted molar refractivity (Wildman–Crippen MR) is 106 cm³/mol. The van der Waals surface area contributed by atoms with Crippen LogP contribution >= 0.6 is 0 Å². The molecule has 0 saturated heterocycles. The molecule has 0 bridgehead atoms. The highest BCUT2D eigenvalue weighted by Crippen LogP contribution is 2.42. The highest BCUT2D eigenvalue weighted by Gasteiger charge is 2.42. The smallest absolute Gasteiger partial charge is 0.306 e. The van der Waals surface area contributed by atoms with Crippen molar-refractivity contribution in [3.8, 4) is 22.6 Å². The van der Waals surface area contributed by atoms with Crippen molar-refractivity contribution in [2.24, 2.45) is 11.8 Å². The minimum absolute atomic E-state index is 0.166. The molecule has 3 aromatic carbocycles. The maximum Gasteiger partial charge on any atom is 0.306 e. The van der Waals surface area contributed by atoms with E-state index >= 15 is 0 Å². The second kappa shape index (κ2) is 7.85. The molecule has 0 aliphatic heterocycles. The Bertz CT molecular complexity index is 967. The number of carboxylic acid groups (broad SMARTS) is 1. The Morgan fingerprint density at radius 2 is 1.75 bits per heavy atom. The lowest BCUT2D eigenvalue weighted by molar-refractivity contribution is -0.138. The first-order valence-electron chi connectivity index (χ1n) is 9.45. The van der Waals surface area contributed by atoms with E-state index < -0.39 is 5.97 Å². The Labute approximate surface area is 163 Å². The van der Waals surface area contributed by atoms with E-state index in [-0.39, 0.29) is 11.7 Å². The van der Waals surface area contributed by atoms with Gasteiger partial charge in [-0.2, -0.15) is 0 Å². The fourth-order valence-corrected chi connectivity index (χ4v) is 3.49. The molecule has 2 unspecified atom stereocenters. The summed E-state index contributed by atoms with van der Waals surface area (Å²) in [6.45, 7) is 0. The zero-order valence-electron chi connectivity index (χ0n) is 15.3. The van der Waals surface area contributed by atoms with Crippen molar-refractivity contribution >= 4 is 5.97 Å². The molecular weight excluding hydrogens is 355 g/mol. The Morgan fingerprint density at radius 1 is 1.00 bits per heavy atom. The third-order valence-electron chi connectivity index (χ3n) is 5.23. The quantitative estimate of drug-likeness (QED) is 0.555. The largest absolute Gasteiger partial charge is 0.481 e. The van der Waals surface area contributed by atoms with E-state index in [1.54, 1.807) is 12.1 Å². The lowest BCUT2D eigenvalue weighted by atomic mass is 10.0. The summed E-state index contributed by atoms with van der Waals surface area (Å²) >= 11 is 0. The fraction of sp³-hybridized carbons (Fsp3) is 0.208. The summed E-state index contributed by atoms with van der Waals surface area (Å²) in [6.07, 6.45) is 2.51. The number of ether oxygens (including phenoxy) is 1. The SMILES string of the molecule is O=C(O)C1CC1CCc1ccc(-c2cc(Oc3ccccc3)ccc2F)cc1. The molecule has 1 aliphatic rings. The van der Waals surface area contributed by atoms with Gasteiger partial charge < -0.3 is 9.84 Å². The first-order valence-corrected chi connectivity index (χ1v) is 9.45. The topological polar surface area (TPSA) is 46.5 Å². The van der Waals surface area contributed by atoms with Crippen LogP contribution in [0.15, 0.2) is 72.8 Å². The van der Waals surface area contributed by atoms with Crippen LogP contribution in [0.4, 0.5) is 4.39 Å². The maximum atomic E-state index is 14.4. The molecule has 4 heteroatoms. The third-order valence-corrected chi connectivity index (χ3v) is 5.23. The number of hydrogen-bond acceptors (Lipinski definition) is 2. The molecule has 1 N–H and O–H groups in total. The van der Waals surface area contributed by atoms with Crippen LogP contribution in [0.2, 0.25) is 0 Å². The van der Waals surface area contributed by atoms with Crippen molar-refractivity contribution < 1.29 is 19.0 Å². The average molecular weight is 376 g/mol. The monoisotopic (exact) mass is 376 g/mol. The van der Waals surface area contributed by atoms with Gasteiger partial charge in [-0.1, -0.05) is 42.5 Å². The number of halogens is 1. The fourth-order valence-electron chi connectivity index (χ4n) is 3.49. The lowest BCUT2D eigenvalue weighted by Gasteiger charge is -2.10. The van der Waals surface area contributed by atoms with Gasteiger partial charge in [-0.25, -0.2) is 4.39 Å². The summed E-state index contributed by atoms with van der Waals surface area (Å²) < 4.78 is 20.2. The molecule has 3 nitrogen and oxygen atoms in total. The van der Waals surface area contributed by atoms with Crippen molar-refractivity contribution in [3.63, 3.8) is 0 Å². The number of hydrogen-bond donors (Lipinski definition) is 1. The molecule has 4 rings (SSSR count). The Morgan fingerprint density at radius 3 is 2.43 bits per heavy atom. The number of benzene rings is 3. The summed E-state index contributed by atoms with van der Waals surface area (Å²) in [4.78, 5) is 10.9. The molecular formula is C24H21FO3. The van der Waals surface area contributed by atoms with Crippen LogP contribution in [0.1, 0.15) is 18.4 Å². The van der Waals surface area contributed by atoms with Crippen molar-refractivity contribution in [1.82, 2.24) is 0 Å². The summed E-state index contributed by atoms with van der Waals surface area (Å²) in [7, 11) is 0. The minimum Gasteiger partial charge on any atom is -0.481 e. The average Bonchev–Trinajstić information content (AvgIpc) is 3.49. The van der Waals surface area contributed by atoms with Gasteiger partial charge in [-0.3, -0.25) is 4.79 Å². The molecule has 1 aliphatic carbocycles. The second-order valence-electron chi connectivity index (χ2n) is 7.23. The number of rotatable bonds is 7. The van der Waals surface area contributed by atoms with Crippen LogP contribution in [0.5, 0.6) is 11.5 Å². The molecule has 0 heterocycles. The molecule has 0 aromatic heterocycles. The summed E-state index contributed by atoms with van der Waals surface area (Å²) in [5.41, 5.74) is 2.42. The van der Waals surface area contributed by atoms with Gasteiger partial charge in [0.25, 0.3) is 0 Å². The zero-order chi connectivity index (χ0) is 19.5. The third kappa shape index (κ3) is 4.22. The Hall–Kier alpha value is -3.14. The van der Waals surface area contributed by atoms with Crippen LogP contribution in [0.25, 0.3) is 11.1 Å². The summed E-state index contributed by atoms with van der Waals surface area (Å²) in [5.74, 6) is 0.432.